The van der Waals surface area contributed by atoms with Crippen LogP contribution in [0.3, 0.4) is 0 Å². The van der Waals surface area contributed by atoms with Crippen LogP contribution in [0.2, 0.25) is 18.1 Å². The summed E-state index contributed by atoms with van der Waals surface area (Å²) >= 11 is 0. The first-order valence-electron chi connectivity index (χ1n) is 3.96. The van der Waals surface area contributed by atoms with Crippen LogP contribution >= 0.6 is 0 Å². The minimum absolute atomic E-state index is 0.281. The molecule has 0 fully saturated rings. The van der Waals surface area contributed by atoms with Gasteiger partial charge in [-0.25, -0.2) is 0 Å². The van der Waals surface area contributed by atoms with E-state index in [1.165, 1.54) is 24.6 Å². The second kappa shape index (κ2) is 6.08. The van der Waals surface area contributed by atoms with E-state index in [2.05, 4.69) is 20.4 Å². The molecule has 0 bridgehead atoms. The number of hydrogen-bond acceptors (Lipinski definition) is 0. The summed E-state index contributed by atoms with van der Waals surface area (Å²) in [6, 6.07) is 4.39. The van der Waals surface area contributed by atoms with Gasteiger partial charge in [0.05, 0.1) is 0 Å². The summed E-state index contributed by atoms with van der Waals surface area (Å²) in [7, 11) is -0.281. The molecule has 0 unspecified atom stereocenters. The van der Waals surface area contributed by atoms with Crippen LogP contribution < -0.4 is 0 Å². The number of hydrogen-bond donors (Lipinski definition) is 0. The van der Waals surface area contributed by atoms with E-state index in [9.17, 15) is 0 Å². The molecule has 0 aromatic heterocycles. The molecule has 0 aromatic rings. The fraction of sp³-hybridized carbons (Fsp3) is 0.750. The van der Waals surface area contributed by atoms with Gasteiger partial charge in [0.15, 0.2) is 0 Å². The topological polar surface area (TPSA) is 0 Å². The number of allylic oxidation sites excluding steroid dienone is 1. The molecule has 0 heterocycles. The van der Waals surface area contributed by atoms with Gasteiger partial charge in [0.25, 0.3) is 0 Å². The van der Waals surface area contributed by atoms with Gasteiger partial charge in [0.2, 0.25) is 0 Å². The summed E-state index contributed by atoms with van der Waals surface area (Å²) in [5.74, 6) is 0. The lowest BCUT2D eigenvalue weighted by atomic mass is 10.5. The van der Waals surface area contributed by atoms with Crippen LogP contribution in [0.5, 0.6) is 0 Å². The molecule has 0 nitrogen and oxygen atoms in total. The molecule has 0 aromatic carbocycles. The van der Waals surface area contributed by atoms with E-state index < -0.39 is 0 Å². The van der Waals surface area contributed by atoms with Gasteiger partial charge in [0.1, 0.15) is 0 Å². The zero-order chi connectivity index (χ0) is 7.11. The van der Waals surface area contributed by atoms with Gasteiger partial charge in [-0.05, 0) is 6.42 Å². The van der Waals surface area contributed by atoms with Crippen molar-refractivity contribution in [3.05, 3.63) is 12.7 Å². The lowest BCUT2D eigenvalue weighted by Crippen LogP contribution is -2.06. The molecular formula is C8H18Si. The molecule has 54 valence electrons. The van der Waals surface area contributed by atoms with Crippen molar-refractivity contribution in [3.63, 3.8) is 0 Å². The molecule has 1 heteroatoms. The molecule has 0 radical (unpaired) electrons. The first kappa shape index (κ1) is 8.96. The summed E-state index contributed by atoms with van der Waals surface area (Å²) < 4.78 is 0. The highest BCUT2D eigenvalue weighted by atomic mass is 28.3. The minimum Gasteiger partial charge on any atom is -0.103 e. The summed E-state index contributed by atoms with van der Waals surface area (Å²) in [4.78, 5) is 0. The Morgan fingerprint density at radius 3 is 2.22 bits per heavy atom. The SMILES string of the molecule is C=CCC[SiH](CC)CC. The molecule has 0 aliphatic heterocycles. The molecule has 0 spiro atoms. The van der Waals surface area contributed by atoms with Gasteiger partial charge in [0, 0.05) is 8.80 Å². The molecule has 9 heavy (non-hydrogen) atoms. The number of rotatable bonds is 5. The Hall–Kier alpha value is -0.0431. The maximum Gasteiger partial charge on any atom is 0.0365 e. The highest BCUT2D eigenvalue weighted by molar-refractivity contribution is 6.58. The smallest absolute Gasteiger partial charge is 0.0365 e. The lowest BCUT2D eigenvalue weighted by molar-refractivity contribution is 1.14. The van der Waals surface area contributed by atoms with Crippen molar-refractivity contribution in [1.82, 2.24) is 0 Å². The van der Waals surface area contributed by atoms with E-state index in [4.69, 9.17) is 0 Å². The summed E-state index contributed by atoms with van der Waals surface area (Å²) in [6.45, 7) is 8.37. The molecule has 0 rings (SSSR count). The van der Waals surface area contributed by atoms with Crippen LogP contribution in [-0.2, 0) is 0 Å². The molecular weight excluding hydrogens is 124 g/mol. The Labute approximate surface area is 60.6 Å². The Morgan fingerprint density at radius 2 is 1.89 bits per heavy atom. The standard InChI is InChI=1S/C8H18Si/c1-4-7-8-9(5-2)6-3/h4,9H,1,5-8H2,2-3H3. The fourth-order valence-corrected chi connectivity index (χ4v) is 3.15. The van der Waals surface area contributed by atoms with Gasteiger partial charge >= 0.3 is 0 Å². The Balaban J connectivity index is 3.19. The zero-order valence-corrected chi connectivity index (χ0v) is 7.84. The maximum absolute atomic E-state index is 3.72. The highest BCUT2D eigenvalue weighted by Crippen LogP contribution is 2.06. The lowest BCUT2D eigenvalue weighted by Gasteiger charge is -2.06. The van der Waals surface area contributed by atoms with E-state index in [0.29, 0.717) is 0 Å². The summed E-state index contributed by atoms with van der Waals surface area (Å²) in [5, 5.41) is 0. The van der Waals surface area contributed by atoms with Crippen molar-refractivity contribution >= 4 is 8.80 Å². The Morgan fingerprint density at radius 1 is 1.33 bits per heavy atom. The molecule has 0 atom stereocenters. The molecule has 0 amide bonds. The quantitative estimate of drug-likeness (QED) is 0.409. The average molecular weight is 142 g/mol. The van der Waals surface area contributed by atoms with Gasteiger partial charge in [-0.1, -0.05) is 38.1 Å². The van der Waals surface area contributed by atoms with Gasteiger partial charge in [-0.2, -0.15) is 0 Å². The average Bonchev–Trinajstić information content (AvgIpc) is 1.91. The normalized spacial score (nSPS) is 10.1. The van der Waals surface area contributed by atoms with Crippen molar-refractivity contribution in [2.75, 3.05) is 0 Å². The molecule has 0 N–H and O–H groups in total. The van der Waals surface area contributed by atoms with E-state index in [0.717, 1.165) is 0 Å². The molecule has 0 saturated carbocycles. The third kappa shape index (κ3) is 4.46. The minimum atomic E-state index is -0.281. The van der Waals surface area contributed by atoms with Crippen molar-refractivity contribution < 1.29 is 0 Å². The molecule has 0 aliphatic rings. The third-order valence-electron chi connectivity index (χ3n) is 1.93. The van der Waals surface area contributed by atoms with Gasteiger partial charge < -0.3 is 0 Å². The Kier molecular flexibility index (Phi) is 6.05. The van der Waals surface area contributed by atoms with E-state index in [1.807, 2.05) is 6.08 Å². The predicted molar refractivity (Wildman–Crippen MR) is 47.7 cm³/mol. The second-order valence-electron chi connectivity index (χ2n) is 2.55. The largest absolute Gasteiger partial charge is 0.103 e. The highest BCUT2D eigenvalue weighted by Gasteiger charge is 2.01. The van der Waals surface area contributed by atoms with Crippen LogP contribution in [0, 0.1) is 0 Å². The summed E-state index contributed by atoms with van der Waals surface area (Å²) in [6.07, 6.45) is 3.30. The molecule has 0 saturated heterocycles. The third-order valence-corrected chi connectivity index (χ3v) is 5.39. The van der Waals surface area contributed by atoms with E-state index in [1.54, 1.807) is 0 Å². The predicted octanol–water partition coefficient (Wildman–Crippen LogP) is 2.83. The van der Waals surface area contributed by atoms with Crippen molar-refractivity contribution in [2.45, 2.75) is 38.4 Å². The van der Waals surface area contributed by atoms with Crippen molar-refractivity contribution in [3.8, 4) is 0 Å². The summed E-state index contributed by atoms with van der Waals surface area (Å²) in [5.41, 5.74) is 0. The zero-order valence-electron chi connectivity index (χ0n) is 6.69. The maximum atomic E-state index is 3.72. The van der Waals surface area contributed by atoms with Crippen molar-refractivity contribution in [2.24, 2.45) is 0 Å². The fourth-order valence-electron chi connectivity index (χ4n) is 1.05. The van der Waals surface area contributed by atoms with Crippen LogP contribution in [0.1, 0.15) is 20.3 Å². The van der Waals surface area contributed by atoms with Gasteiger partial charge in [-0.3, -0.25) is 0 Å². The van der Waals surface area contributed by atoms with Crippen LogP contribution in [0.25, 0.3) is 0 Å². The van der Waals surface area contributed by atoms with Crippen LogP contribution in [-0.4, -0.2) is 8.80 Å². The first-order chi connectivity index (χ1) is 4.35. The molecule has 0 aliphatic carbocycles. The van der Waals surface area contributed by atoms with E-state index >= 15 is 0 Å². The monoisotopic (exact) mass is 142 g/mol. The van der Waals surface area contributed by atoms with Gasteiger partial charge in [-0.15, -0.1) is 6.58 Å². The van der Waals surface area contributed by atoms with Crippen LogP contribution in [0.4, 0.5) is 0 Å². The van der Waals surface area contributed by atoms with E-state index in [-0.39, 0.29) is 8.80 Å². The van der Waals surface area contributed by atoms with Crippen molar-refractivity contribution in [1.29, 1.82) is 0 Å². The Bertz CT molecular complexity index is 65.0. The van der Waals surface area contributed by atoms with Crippen LogP contribution in [0.15, 0.2) is 12.7 Å². The second-order valence-corrected chi connectivity index (χ2v) is 6.49. The first-order valence-corrected chi connectivity index (χ1v) is 6.40.